The molecule has 5 heterocycles. The molecule has 0 aliphatic carbocycles. The van der Waals surface area contributed by atoms with Crippen molar-refractivity contribution in [2.75, 3.05) is 18.9 Å². The van der Waals surface area contributed by atoms with Gasteiger partial charge in [0.05, 0.1) is 19.5 Å². The number of hydrogen-bond donors (Lipinski definition) is 8. The molecule has 0 saturated carbocycles. The number of aromatic carboxylic acids is 1. The molecule has 9 N–H and O–H groups in total. The number of phosphoric ester groups is 2. The van der Waals surface area contributed by atoms with Gasteiger partial charge in [-0.2, -0.15) is 8.88 Å². The van der Waals surface area contributed by atoms with Crippen molar-refractivity contribution in [2.24, 2.45) is 0 Å². The number of rotatable bonds is 11. The zero-order valence-corrected chi connectivity index (χ0v) is 23.9. The number of pyridine rings is 1. The number of carboxylic acid groups (broad SMARTS) is 1. The molecule has 21 nitrogen and oxygen atoms in total. The van der Waals surface area contributed by atoms with Crippen LogP contribution in [0, 0.1) is 0 Å². The summed E-state index contributed by atoms with van der Waals surface area (Å²) in [5.41, 5.74) is 5.94. The van der Waals surface area contributed by atoms with Crippen molar-refractivity contribution in [1.82, 2.24) is 19.5 Å². The summed E-state index contributed by atoms with van der Waals surface area (Å²) in [4.78, 5) is 43.1. The molecule has 0 bridgehead atoms. The first-order chi connectivity index (χ1) is 20.7. The van der Waals surface area contributed by atoms with E-state index in [9.17, 15) is 44.1 Å². The highest BCUT2D eigenvalue weighted by Crippen LogP contribution is 2.60. The molecule has 2 fully saturated rings. The topological polar surface area (TPSA) is 312 Å². The summed E-state index contributed by atoms with van der Waals surface area (Å²) < 4.78 is 51.8. The molecule has 0 aromatic carbocycles. The zero-order chi connectivity index (χ0) is 32.0. The summed E-state index contributed by atoms with van der Waals surface area (Å²) in [5, 5.41) is 50.7. The number of nitrogen functional groups attached to an aromatic ring is 1. The van der Waals surface area contributed by atoms with E-state index in [1.165, 1.54) is 29.2 Å². The fourth-order valence-corrected chi connectivity index (χ4v) is 6.65. The van der Waals surface area contributed by atoms with E-state index in [0.717, 1.165) is 17.1 Å². The van der Waals surface area contributed by atoms with Crippen LogP contribution in [-0.4, -0.2) is 111 Å². The molecule has 44 heavy (non-hydrogen) atoms. The van der Waals surface area contributed by atoms with Gasteiger partial charge in [0, 0.05) is 6.07 Å². The second-order valence-corrected chi connectivity index (χ2v) is 12.7. The van der Waals surface area contributed by atoms with E-state index in [1.54, 1.807) is 0 Å². The molecule has 3 aromatic rings. The summed E-state index contributed by atoms with van der Waals surface area (Å²) in [7, 11) is -10.8. The number of nitrogens with zero attached hydrogens (tertiary/aromatic N) is 5. The van der Waals surface area contributed by atoms with Crippen LogP contribution in [0.3, 0.4) is 0 Å². The lowest BCUT2D eigenvalue weighted by atomic mass is 10.1. The highest BCUT2D eigenvalue weighted by molar-refractivity contribution is 7.61. The van der Waals surface area contributed by atoms with Gasteiger partial charge in [-0.05, 0) is 6.07 Å². The number of anilines is 1. The third-order valence-electron chi connectivity index (χ3n) is 6.71. The Balaban J connectivity index is 1.16. The van der Waals surface area contributed by atoms with E-state index in [2.05, 4.69) is 23.8 Å². The quantitative estimate of drug-likeness (QED) is 0.0780. The largest absolute Gasteiger partial charge is 0.481 e. The molecule has 23 heteroatoms. The number of hydrogen-bond acceptors (Lipinski definition) is 16. The van der Waals surface area contributed by atoms with Crippen LogP contribution in [0.4, 0.5) is 5.82 Å². The summed E-state index contributed by atoms with van der Waals surface area (Å²) in [5.74, 6) is -1.22. The average molecular weight is 665 g/mol. The predicted octanol–water partition coefficient (Wildman–Crippen LogP) is -2.42. The lowest BCUT2D eigenvalue weighted by Gasteiger charge is -2.20. The van der Waals surface area contributed by atoms with Gasteiger partial charge in [-0.15, -0.1) is 0 Å². The Morgan fingerprint density at radius 1 is 0.977 bits per heavy atom. The van der Waals surface area contributed by atoms with E-state index in [1.807, 2.05) is 0 Å². The van der Waals surface area contributed by atoms with Crippen molar-refractivity contribution < 1.29 is 76.6 Å². The van der Waals surface area contributed by atoms with Crippen molar-refractivity contribution in [3.63, 3.8) is 0 Å². The van der Waals surface area contributed by atoms with Crippen molar-refractivity contribution in [2.45, 2.75) is 49.1 Å². The van der Waals surface area contributed by atoms with E-state index in [-0.39, 0.29) is 22.5 Å². The Morgan fingerprint density at radius 2 is 1.61 bits per heavy atom. The highest BCUT2D eigenvalue weighted by Gasteiger charge is 2.50. The maximum absolute atomic E-state index is 12.4. The van der Waals surface area contributed by atoms with Crippen molar-refractivity contribution in [3.8, 4) is 0 Å². The molecule has 0 radical (unpaired) electrons. The van der Waals surface area contributed by atoms with Crippen LogP contribution in [0.25, 0.3) is 11.2 Å². The summed E-state index contributed by atoms with van der Waals surface area (Å²) in [6.07, 6.45) is -7.22. The van der Waals surface area contributed by atoms with Crippen LogP contribution >= 0.6 is 15.6 Å². The molecule has 240 valence electrons. The normalized spacial score (nSPS) is 31.6. The number of fused-ring (bicyclic) bond motifs is 1. The Kier molecular flexibility index (Phi) is 9.13. The number of imidazole rings is 1. The summed E-state index contributed by atoms with van der Waals surface area (Å²) >= 11 is 0. The molecule has 5 rings (SSSR count). The fourth-order valence-electron chi connectivity index (χ4n) is 4.56. The van der Waals surface area contributed by atoms with Gasteiger partial charge in [0.15, 0.2) is 36.2 Å². The Bertz CT molecular complexity index is 1630. The molecule has 2 aliphatic heterocycles. The minimum Gasteiger partial charge on any atom is -0.477 e. The van der Waals surface area contributed by atoms with Crippen molar-refractivity contribution >= 4 is 38.6 Å². The van der Waals surface area contributed by atoms with Crippen LogP contribution in [0.2, 0.25) is 0 Å². The number of phosphoric acid groups is 2. The zero-order valence-electron chi connectivity index (χ0n) is 22.1. The van der Waals surface area contributed by atoms with E-state index < -0.39 is 83.9 Å². The highest BCUT2D eigenvalue weighted by atomic mass is 31.3. The lowest BCUT2D eigenvalue weighted by molar-refractivity contribution is -0.765. The van der Waals surface area contributed by atoms with Crippen LogP contribution < -0.4 is 10.3 Å². The van der Waals surface area contributed by atoms with Gasteiger partial charge in [-0.3, -0.25) is 13.6 Å². The third-order valence-corrected chi connectivity index (χ3v) is 9.31. The third kappa shape index (κ3) is 6.65. The smallest absolute Gasteiger partial charge is 0.477 e. The molecule has 3 aromatic heterocycles. The second kappa shape index (κ2) is 12.4. The Labute approximate surface area is 245 Å². The van der Waals surface area contributed by atoms with Gasteiger partial charge in [-0.25, -0.2) is 28.9 Å². The van der Waals surface area contributed by atoms with Crippen LogP contribution in [0.1, 0.15) is 22.8 Å². The fraction of sp³-hybridized carbons (Fsp3) is 0.476. The molecule has 0 spiro atoms. The van der Waals surface area contributed by atoms with Crippen LogP contribution in [0.15, 0.2) is 37.2 Å². The number of aliphatic hydroxyl groups is 4. The monoisotopic (exact) mass is 665 g/mol. The minimum absolute atomic E-state index is 0.0464. The van der Waals surface area contributed by atoms with E-state index >= 15 is 0 Å². The Hall–Kier alpha value is -3.01. The van der Waals surface area contributed by atoms with Gasteiger partial charge >= 0.3 is 21.6 Å². The van der Waals surface area contributed by atoms with Crippen molar-refractivity contribution in [3.05, 3.63) is 42.7 Å². The first kappa shape index (κ1) is 32.4. The number of carbonyl (C=O) groups is 1. The van der Waals surface area contributed by atoms with Gasteiger partial charge in [0.25, 0.3) is 6.23 Å². The van der Waals surface area contributed by atoms with Gasteiger partial charge in [0.1, 0.15) is 47.9 Å². The number of aliphatic hydroxyl groups excluding tert-OH is 4. The first-order valence-electron chi connectivity index (χ1n) is 12.5. The molecule has 2 aliphatic rings. The van der Waals surface area contributed by atoms with Crippen LogP contribution in [0.5, 0.6) is 0 Å². The average Bonchev–Trinajstić information content (AvgIpc) is 3.61. The Morgan fingerprint density at radius 3 is 2.27 bits per heavy atom. The van der Waals surface area contributed by atoms with E-state index in [0.29, 0.717) is 0 Å². The second-order valence-electron chi connectivity index (χ2n) is 9.63. The molecule has 10 atom stereocenters. The maximum atomic E-state index is 12.4. The maximum Gasteiger partial charge on any atom is 0.481 e. The molecule has 6 unspecified atom stereocenters. The number of nitrogens with two attached hydrogens (primary N) is 1. The first-order valence-corrected chi connectivity index (χ1v) is 15.5. The molecular weight excluding hydrogens is 638 g/mol. The predicted molar refractivity (Wildman–Crippen MR) is 138 cm³/mol. The van der Waals surface area contributed by atoms with E-state index in [4.69, 9.17) is 24.8 Å². The van der Waals surface area contributed by atoms with Crippen molar-refractivity contribution in [1.29, 1.82) is 0 Å². The number of ether oxygens (including phenoxy) is 2. The molecule has 0 amide bonds. The van der Waals surface area contributed by atoms with Gasteiger partial charge < -0.3 is 50.5 Å². The van der Waals surface area contributed by atoms with Gasteiger partial charge in [0.2, 0.25) is 0 Å². The van der Waals surface area contributed by atoms with Gasteiger partial charge in [-0.1, -0.05) is 0 Å². The standard InChI is InChI=1S/C21H26N6O15P2/c22-17-12-18(24-7-23-17)27(8-25-12)20-16(31)14(29)11(41-20)6-39-44(36,37)42-43(34,35)38-5-10-13(28)15(30)19(40-10)26-3-1-2-9(4-26)21(32)33/h1-4,7-8,10-11,13-16,19-20,28-31H,5-6H2,(H4-,22,23,24,32,33,34,35,36,37)/p+1/t10-,11-,13?,14?,15?,16?,19-,20-/m1/s1. The molecular formula is C21H27N6O15P2+. The summed E-state index contributed by atoms with van der Waals surface area (Å²) in [6.45, 7) is -1.83. The SMILES string of the molecule is Nc1ncnc2c1ncn2[C@@H]1O[C@H](COP(=O)(O)OP(=O)(O)OC[C@H]2O[C@@H]([n+]3cccc(C(=O)O)c3)C(O)C2O)C(O)C1O. The minimum atomic E-state index is -5.38. The van der Waals surface area contributed by atoms with Crippen LogP contribution in [-0.2, 0) is 32.0 Å². The number of carboxylic acids is 1. The molecule has 2 saturated heterocycles. The summed E-state index contributed by atoms with van der Waals surface area (Å²) in [6, 6.07) is 2.63. The lowest BCUT2D eigenvalue weighted by Crippen LogP contribution is -2.46. The number of aromatic nitrogens is 5.